The van der Waals surface area contributed by atoms with Crippen LogP contribution in [0.3, 0.4) is 0 Å². The molecule has 0 fully saturated rings. The van der Waals surface area contributed by atoms with Gasteiger partial charge in [0.25, 0.3) is 0 Å². The molecule has 2 rings (SSSR count). The Morgan fingerprint density at radius 1 is 1.28 bits per heavy atom. The molecule has 96 valence electrons. The lowest BCUT2D eigenvalue weighted by Gasteiger charge is -1.95. The third-order valence-corrected chi connectivity index (χ3v) is 2.94. The molecule has 0 spiro atoms. The maximum absolute atomic E-state index is 10.5. The van der Waals surface area contributed by atoms with Gasteiger partial charge in [0.05, 0.1) is 12.1 Å². The zero-order chi connectivity index (χ0) is 13.5. The molecule has 5 heteroatoms. The van der Waals surface area contributed by atoms with Crippen LogP contribution in [0.4, 0.5) is 0 Å². The Morgan fingerprint density at radius 2 is 1.89 bits per heavy atom. The lowest BCUT2D eigenvalue weighted by atomic mass is 10.2. The molecule has 0 unspecified atom stereocenters. The highest BCUT2D eigenvalue weighted by Crippen LogP contribution is 2.25. The van der Waals surface area contributed by atoms with E-state index in [9.17, 15) is 4.79 Å². The highest BCUT2D eigenvalue weighted by Gasteiger charge is 2.07. The number of phenols is 1. The lowest BCUT2D eigenvalue weighted by Crippen LogP contribution is -1.99. The van der Waals surface area contributed by atoms with Crippen LogP contribution in [-0.4, -0.2) is 21.2 Å². The van der Waals surface area contributed by atoms with E-state index in [1.807, 2.05) is 13.8 Å². The van der Waals surface area contributed by atoms with E-state index >= 15 is 0 Å². The molecular weight excluding hydrogens is 250 g/mol. The van der Waals surface area contributed by atoms with Crippen LogP contribution in [0.5, 0.6) is 5.75 Å². The van der Waals surface area contributed by atoms with Gasteiger partial charge in [0.15, 0.2) is 0 Å². The van der Waals surface area contributed by atoms with Gasteiger partial charge in [0.1, 0.15) is 10.8 Å². The predicted molar refractivity (Wildman–Crippen MR) is 71.9 cm³/mol. The predicted octanol–water partition coefficient (Wildman–Crippen LogP) is 3.17. The molecule has 1 aromatic carbocycles. The highest BCUT2D eigenvalue weighted by molar-refractivity contribution is 7.13. The summed E-state index contributed by atoms with van der Waals surface area (Å²) in [6.07, 6.45) is -0.0609. The Labute approximate surface area is 110 Å². The molecule has 0 aliphatic heterocycles. The van der Waals surface area contributed by atoms with Crippen LogP contribution in [0.25, 0.3) is 10.6 Å². The third kappa shape index (κ3) is 3.85. The number of thiazole rings is 1. The van der Waals surface area contributed by atoms with Crippen molar-refractivity contribution in [2.75, 3.05) is 0 Å². The largest absolute Gasteiger partial charge is 0.508 e. The van der Waals surface area contributed by atoms with Crippen LogP contribution in [0, 0.1) is 0 Å². The van der Waals surface area contributed by atoms with E-state index in [1.165, 1.54) is 11.3 Å². The second-order valence-electron chi connectivity index (χ2n) is 3.26. The first-order chi connectivity index (χ1) is 8.65. The molecule has 0 radical (unpaired) electrons. The Bertz CT molecular complexity index is 505. The molecule has 0 aliphatic carbocycles. The van der Waals surface area contributed by atoms with Gasteiger partial charge in [-0.15, -0.1) is 11.3 Å². The number of hydrogen-bond donors (Lipinski definition) is 2. The molecule has 2 N–H and O–H groups in total. The topological polar surface area (TPSA) is 70.4 Å². The Morgan fingerprint density at radius 3 is 2.44 bits per heavy atom. The van der Waals surface area contributed by atoms with E-state index in [1.54, 1.807) is 29.6 Å². The molecule has 0 saturated heterocycles. The van der Waals surface area contributed by atoms with E-state index < -0.39 is 5.97 Å². The minimum atomic E-state index is -0.887. The van der Waals surface area contributed by atoms with Crippen molar-refractivity contribution in [3.63, 3.8) is 0 Å². The molecule has 1 aromatic heterocycles. The van der Waals surface area contributed by atoms with Gasteiger partial charge in [0.2, 0.25) is 0 Å². The average Bonchev–Trinajstić information content (AvgIpc) is 2.80. The zero-order valence-electron chi connectivity index (χ0n) is 10.3. The summed E-state index contributed by atoms with van der Waals surface area (Å²) < 4.78 is 0. The summed E-state index contributed by atoms with van der Waals surface area (Å²) in [5.74, 6) is -0.686. The molecule has 0 atom stereocenters. The number of rotatable bonds is 3. The fourth-order valence-corrected chi connectivity index (χ4v) is 2.11. The maximum atomic E-state index is 10.5. The van der Waals surface area contributed by atoms with Gasteiger partial charge in [-0.3, -0.25) is 4.79 Å². The van der Waals surface area contributed by atoms with Gasteiger partial charge in [-0.1, -0.05) is 13.8 Å². The summed E-state index contributed by atoms with van der Waals surface area (Å²) in [5.41, 5.74) is 1.43. The number of aromatic hydroxyl groups is 1. The van der Waals surface area contributed by atoms with Gasteiger partial charge in [-0.25, -0.2) is 4.98 Å². The number of carboxylic acids is 1. The van der Waals surface area contributed by atoms with Crippen LogP contribution in [0.2, 0.25) is 0 Å². The first-order valence-electron chi connectivity index (χ1n) is 5.61. The number of phenolic OH excluding ortho intramolecular Hbond substituents is 1. The number of carboxylic acid groups (broad SMARTS) is 1. The van der Waals surface area contributed by atoms with Gasteiger partial charge in [-0.2, -0.15) is 0 Å². The second kappa shape index (κ2) is 6.76. The molecule has 0 amide bonds. The van der Waals surface area contributed by atoms with Crippen molar-refractivity contribution in [3.8, 4) is 16.3 Å². The van der Waals surface area contributed by atoms with Crippen molar-refractivity contribution < 1.29 is 15.0 Å². The van der Waals surface area contributed by atoms with Crippen molar-refractivity contribution in [1.82, 2.24) is 4.98 Å². The zero-order valence-corrected chi connectivity index (χ0v) is 11.1. The summed E-state index contributed by atoms with van der Waals surface area (Å²) in [6, 6.07) is 6.65. The standard InChI is InChI=1S/C11H9NO3S.C2H6/c13-9-3-1-7(2-4-9)11-12-8(6-16-11)5-10(14)15;1-2/h1-4,6,13H,5H2,(H,14,15);1-2H3. The fourth-order valence-electron chi connectivity index (χ4n) is 1.28. The molecule has 2 aromatic rings. The molecule has 0 saturated carbocycles. The Balaban J connectivity index is 0.000000771. The number of nitrogens with zero attached hydrogens (tertiary/aromatic N) is 1. The summed E-state index contributed by atoms with van der Waals surface area (Å²) in [4.78, 5) is 14.7. The van der Waals surface area contributed by atoms with Crippen molar-refractivity contribution in [2.45, 2.75) is 20.3 Å². The monoisotopic (exact) mass is 265 g/mol. The normalized spacial score (nSPS) is 9.44. The SMILES string of the molecule is CC.O=C(O)Cc1csc(-c2ccc(O)cc2)n1. The van der Waals surface area contributed by atoms with Crippen LogP contribution >= 0.6 is 11.3 Å². The molecule has 1 heterocycles. The summed E-state index contributed by atoms with van der Waals surface area (Å²) in [7, 11) is 0. The molecule has 0 aliphatic rings. The fraction of sp³-hybridized carbons (Fsp3) is 0.231. The molecule has 0 bridgehead atoms. The van der Waals surface area contributed by atoms with Gasteiger partial charge >= 0.3 is 5.97 Å². The minimum Gasteiger partial charge on any atom is -0.508 e. The van der Waals surface area contributed by atoms with E-state index in [-0.39, 0.29) is 12.2 Å². The van der Waals surface area contributed by atoms with Crippen LogP contribution in [-0.2, 0) is 11.2 Å². The number of aliphatic carboxylic acids is 1. The smallest absolute Gasteiger partial charge is 0.309 e. The first kappa shape index (κ1) is 14.2. The molecular formula is C13H15NO3S. The number of benzene rings is 1. The molecule has 18 heavy (non-hydrogen) atoms. The quantitative estimate of drug-likeness (QED) is 0.894. The van der Waals surface area contributed by atoms with Gasteiger partial charge in [0, 0.05) is 10.9 Å². The van der Waals surface area contributed by atoms with Crippen molar-refractivity contribution in [1.29, 1.82) is 0 Å². The van der Waals surface area contributed by atoms with Crippen molar-refractivity contribution >= 4 is 17.3 Å². The van der Waals surface area contributed by atoms with E-state index in [0.717, 1.165) is 10.6 Å². The average molecular weight is 265 g/mol. The molecule has 4 nitrogen and oxygen atoms in total. The van der Waals surface area contributed by atoms with Gasteiger partial charge in [-0.05, 0) is 24.3 Å². The lowest BCUT2D eigenvalue weighted by molar-refractivity contribution is -0.136. The van der Waals surface area contributed by atoms with Crippen molar-refractivity contribution in [3.05, 3.63) is 35.3 Å². The number of hydrogen-bond acceptors (Lipinski definition) is 4. The summed E-state index contributed by atoms with van der Waals surface area (Å²) in [5, 5.41) is 20.2. The Hall–Kier alpha value is -1.88. The van der Waals surface area contributed by atoms with Crippen LogP contribution in [0.15, 0.2) is 29.6 Å². The van der Waals surface area contributed by atoms with Crippen LogP contribution < -0.4 is 0 Å². The highest BCUT2D eigenvalue weighted by atomic mass is 32.1. The minimum absolute atomic E-state index is 0.0609. The number of aromatic nitrogens is 1. The maximum Gasteiger partial charge on any atom is 0.309 e. The van der Waals surface area contributed by atoms with E-state index in [0.29, 0.717) is 5.69 Å². The second-order valence-corrected chi connectivity index (χ2v) is 4.12. The van der Waals surface area contributed by atoms with Crippen LogP contribution in [0.1, 0.15) is 19.5 Å². The Kier molecular flexibility index (Phi) is 5.32. The third-order valence-electron chi connectivity index (χ3n) is 2.00. The van der Waals surface area contributed by atoms with Crippen molar-refractivity contribution in [2.24, 2.45) is 0 Å². The number of carbonyl (C=O) groups is 1. The van der Waals surface area contributed by atoms with Gasteiger partial charge < -0.3 is 10.2 Å². The van der Waals surface area contributed by atoms with E-state index in [4.69, 9.17) is 10.2 Å². The van der Waals surface area contributed by atoms with E-state index in [2.05, 4.69) is 4.98 Å². The first-order valence-corrected chi connectivity index (χ1v) is 6.49. The summed E-state index contributed by atoms with van der Waals surface area (Å²) in [6.45, 7) is 4.00. The summed E-state index contributed by atoms with van der Waals surface area (Å²) >= 11 is 1.39.